The smallest absolute Gasteiger partial charge is 0.409 e. The van der Waals surface area contributed by atoms with Crippen LogP contribution in [0.2, 0.25) is 0 Å². The normalized spacial score (nSPS) is 15.4. The van der Waals surface area contributed by atoms with Gasteiger partial charge in [-0.25, -0.2) is 4.79 Å². The van der Waals surface area contributed by atoms with Crippen LogP contribution in [-0.2, 0) is 14.3 Å². The average Bonchev–Trinajstić information content (AvgIpc) is 2.46. The molecule has 0 aromatic carbocycles. The molecular formula is C14H25N3O4. The molecule has 0 unspecified atom stereocenters. The third-order valence-corrected chi connectivity index (χ3v) is 3.28. The van der Waals surface area contributed by atoms with E-state index in [2.05, 4.69) is 10.6 Å². The van der Waals surface area contributed by atoms with E-state index in [1.165, 1.54) is 0 Å². The van der Waals surface area contributed by atoms with Crippen molar-refractivity contribution >= 4 is 17.9 Å². The molecule has 0 aliphatic carbocycles. The lowest BCUT2D eigenvalue weighted by Crippen LogP contribution is -2.47. The lowest BCUT2D eigenvalue weighted by Gasteiger charge is -2.31. The molecule has 0 aromatic rings. The van der Waals surface area contributed by atoms with Crippen LogP contribution in [0.4, 0.5) is 4.79 Å². The first kappa shape index (κ1) is 17.3. The molecule has 0 atom stereocenters. The second-order valence-electron chi connectivity index (χ2n) is 5.05. The topological polar surface area (TPSA) is 87.7 Å². The van der Waals surface area contributed by atoms with E-state index in [-0.39, 0.29) is 30.4 Å². The molecule has 0 radical (unpaired) electrons. The number of piperidine rings is 1. The minimum atomic E-state index is -0.304. The maximum atomic E-state index is 11.7. The Morgan fingerprint density at radius 3 is 2.38 bits per heavy atom. The summed E-state index contributed by atoms with van der Waals surface area (Å²) in [7, 11) is 0. The highest BCUT2D eigenvalue weighted by atomic mass is 16.6. The number of nitrogens with zero attached hydrogens (tertiary/aromatic N) is 1. The molecule has 1 aliphatic heterocycles. The van der Waals surface area contributed by atoms with Crippen LogP contribution < -0.4 is 10.6 Å². The fourth-order valence-corrected chi connectivity index (χ4v) is 2.17. The molecule has 3 amide bonds. The van der Waals surface area contributed by atoms with Crippen LogP contribution in [0, 0.1) is 0 Å². The van der Waals surface area contributed by atoms with Crippen molar-refractivity contribution in [3.05, 3.63) is 0 Å². The quantitative estimate of drug-likeness (QED) is 0.705. The summed E-state index contributed by atoms with van der Waals surface area (Å²) in [6.07, 6.45) is 1.77. The van der Waals surface area contributed by atoms with Crippen molar-refractivity contribution < 1.29 is 19.1 Å². The predicted molar refractivity (Wildman–Crippen MR) is 77.7 cm³/mol. The highest BCUT2D eigenvalue weighted by Gasteiger charge is 2.24. The molecule has 7 nitrogen and oxygen atoms in total. The first-order valence-electron chi connectivity index (χ1n) is 7.54. The Morgan fingerprint density at radius 1 is 1.14 bits per heavy atom. The zero-order chi connectivity index (χ0) is 15.7. The number of ether oxygens (including phenoxy) is 1. The largest absolute Gasteiger partial charge is 0.450 e. The van der Waals surface area contributed by atoms with Crippen LogP contribution in [0.5, 0.6) is 0 Å². The van der Waals surface area contributed by atoms with E-state index in [4.69, 9.17) is 4.74 Å². The first-order valence-corrected chi connectivity index (χ1v) is 7.54. The lowest BCUT2D eigenvalue weighted by atomic mass is 10.1. The highest BCUT2D eigenvalue weighted by molar-refractivity contribution is 5.96. The number of carbonyl (C=O) groups excluding carboxylic acids is 3. The van der Waals surface area contributed by atoms with E-state index >= 15 is 0 Å². The van der Waals surface area contributed by atoms with Crippen LogP contribution in [0.25, 0.3) is 0 Å². The molecule has 120 valence electrons. The number of hydrogen-bond acceptors (Lipinski definition) is 4. The third kappa shape index (κ3) is 6.46. The van der Waals surface area contributed by atoms with Gasteiger partial charge >= 0.3 is 6.09 Å². The van der Waals surface area contributed by atoms with Crippen molar-refractivity contribution in [1.29, 1.82) is 0 Å². The number of amides is 3. The Hall–Kier alpha value is -1.79. The third-order valence-electron chi connectivity index (χ3n) is 3.28. The molecular weight excluding hydrogens is 274 g/mol. The molecule has 7 heteroatoms. The minimum absolute atomic E-state index is 0.0159. The van der Waals surface area contributed by atoms with E-state index in [0.29, 0.717) is 39.1 Å². The molecule has 0 saturated carbocycles. The van der Waals surface area contributed by atoms with Crippen molar-refractivity contribution in [2.45, 2.75) is 45.6 Å². The predicted octanol–water partition coefficient (Wildman–Crippen LogP) is 0.640. The van der Waals surface area contributed by atoms with E-state index in [1.807, 2.05) is 6.92 Å². The second kappa shape index (κ2) is 9.20. The van der Waals surface area contributed by atoms with E-state index in [1.54, 1.807) is 11.8 Å². The van der Waals surface area contributed by atoms with Gasteiger partial charge in [0, 0.05) is 25.7 Å². The minimum Gasteiger partial charge on any atom is -0.450 e. The van der Waals surface area contributed by atoms with Gasteiger partial charge in [0.15, 0.2) is 0 Å². The maximum Gasteiger partial charge on any atom is 0.409 e. The van der Waals surface area contributed by atoms with Crippen LogP contribution in [-0.4, -0.2) is 55.1 Å². The Morgan fingerprint density at radius 2 is 1.81 bits per heavy atom. The Bertz CT molecular complexity index is 365. The Balaban J connectivity index is 2.24. The molecule has 2 N–H and O–H groups in total. The number of rotatable bonds is 6. The van der Waals surface area contributed by atoms with Gasteiger partial charge < -0.3 is 20.3 Å². The molecule has 1 aliphatic rings. The molecule has 1 fully saturated rings. The maximum absolute atomic E-state index is 11.7. The van der Waals surface area contributed by atoms with Crippen LogP contribution in [0.15, 0.2) is 0 Å². The Labute approximate surface area is 125 Å². The molecule has 1 saturated heterocycles. The van der Waals surface area contributed by atoms with Crippen molar-refractivity contribution in [3.63, 3.8) is 0 Å². The summed E-state index contributed by atoms with van der Waals surface area (Å²) in [6, 6.07) is 0.0159. The fraction of sp³-hybridized carbons (Fsp3) is 0.786. The van der Waals surface area contributed by atoms with Gasteiger partial charge in [0.05, 0.1) is 6.61 Å². The monoisotopic (exact) mass is 299 g/mol. The zero-order valence-electron chi connectivity index (χ0n) is 12.8. The number of likely N-dealkylation sites (tertiary alicyclic amines) is 1. The van der Waals surface area contributed by atoms with Crippen molar-refractivity contribution in [2.75, 3.05) is 26.2 Å². The van der Waals surface area contributed by atoms with Gasteiger partial charge in [0.25, 0.3) is 0 Å². The van der Waals surface area contributed by atoms with Crippen LogP contribution in [0.3, 0.4) is 0 Å². The molecule has 0 aromatic heterocycles. The van der Waals surface area contributed by atoms with Gasteiger partial charge in [-0.3, -0.25) is 9.59 Å². The molecule has 21 heavy (non-hydrogen) atoms. The second-order valence-corrected chi connectivity index (χ2v) is 5.05. The fourth-order valence-electron chi connectivity index (χ4n) is 2.17. The van der Waals surface area contributed by atoms with Crippen LogP contribution >= 0.6 is 0 Å². The Kier molecular flexibility index (Phi) is 7.56. The van der Waals surface area contributed by atoms with Gasteiger partial charge in [-0.15, -0.1) is 0 Å². The summed E-state index contributed by atoms with van der Waals surface area (Å²) in [6.45, 7) is 5.80. The van der Waals surface area contributed by atoms with Gasteiger partial charge in [-0.1, -0.05) is 6.92 Å². The van der Waals surface area contributed by atoms with Gasteiger partial charge in [-0.05, 0) is 26.2 Å². The van der Waals surface area contributed by atoms with Crippen LogP contribution in [0.1, 0.15) is 39.5 Å². The summed E-state index contributed by atoms with van der Waals surface area (Å²) in [5.74, 6) is -0.517. The molecule has 1 heterocycles. The van der Waals surface area contributed by atoms with E-state index < -0.39 is 0 Å². The highest BCUT2D eigenvalue weighted by Crippen LogP contribution is 2.11. The molecule has 1 rings (SSSR count). The van der Waals surface area contributed by atoms with Gasteiger partial charge in [-0.2, -0.15) is 0 Å². The van der Waals surface area contributed by atoms with Gasteiger partial charge in [0.2, 0.25) is 11.8 Å². The summed E-state index contributed by atoms with van der Waals surface area (Å²) in [5.41, 5.74) is 0. The standard InChI is InChI=1S/C14H25N3O4/c1-3-7-15-12(18)10-13(19)16-11-5-8-17(9-6-11)14(20)21-4-2/h11H,3-10H2,1-2H3,(H,15,18)(H,16,19). The summed E-state index contributed by atoms with van der Waals surface area (Å²) >= 11 is 0. The number of nitrogens with one attached hydrogen (secondary N) is 2. The van der Waals surface area contributed by atoms with Gasteiger partial charge in [0.1, 0.15) is 6.42 Å². The SMILES string of the molecule is CCCNC(=O)CC(=O)NC1CCN(C(=O)OCC)CC1. The molecule has 0 spiro atoms. The van der Waals surface area contributed by atoms with E-state index in [0.717, 1.165) is 6.42 Å². The first-order chi connectivity index (χ1) is 10.1. The lowest BCUT2D eigenvalue weighted by molar-refractivity contribution is -0.129. The van der Waals surface area contributed by atoms with Crippen molar-refractivity contribution in [2.24, 2.45) is 0 Å². The summed E-state index contributed by atoms with van der Waals surface area (Å²) in [4.78, 5) is 36.3. The van der Waals surface area contributed by atoms with Crippen molar-refractivity contribution in [3.8, 4) is 0 Å². The van der Waals surface area contributed by atoms with Crippen molar-refractivity contribution in [1.82, 2.24) is 15.5 Å². The number of hydrogen-bond donors (Lipinski definition) is 2. The number of carbonyl (C=O) groups is 3. The van der Waals surface area contributed by atoms with E-state index in [9.17, 15) is 14.4 Å². The molecule has 0 bridgehead atoms. The average molecular weight is 299 g/mol. The summed E-state index contributed by atoms with van der Waals surface area (Å²) in [5, 5.41) is 5.51. The zero-order valence-corrected chi connectivity index (χ0v) is 12.8. The summed E-state index contributed by atoms with van der Waals surface area (Å²) < 4.78 is 4.93.